The molecule has 1 amide bonds. The molecule has 6 nitrogen and oxygen atoms in total. The topological polar surface area (TPSA) is 77.4 Å². The predicted octanol–water partition coefficient (Wildman–Crippen LogP) is 3.12. The monoisotopic (exact) mass is 412 g/mol. The Kier molecular flexibility index (Phi) is 6.85. The molecular weight excluding hydrogens is 388 g/mol. The number of hydrogen-bond acceptors (Lipinski definition) is 4. The van der Waals surface area contributed by atoms with Crippen LogP contribution in [-0.4, -0.2) is 31.3 Å². The van der Waals surface area contributed by atoms with Crippen LogP contribution in [-0.2, 0) is 27.9 Å². The number of ether oxygens (including phenoxy) is 1. The molecule has 0 saturated heterocycles. The molecule has 152 valence electrons. The molecule has 29 heavy (non-hydrogen) atoms. The van der Waals surface area contributed by atoms with Crippen LogP contribution in [0, 0.1) is 6.92 Å². The summed E-state index contributed by atoms with van der Waals surface area (Å²) in [5.74, 6) is -0.910. The molecule has 1 N–H and O–H groups in total. The maximum absolute atomic E-state index is 12.5. The molecule has 3 aromatic rings. The van der Waals surface area contributed by atoms with E-state index in [4.69, 9.17) is 4.74 Å². The lowest BCUT2D eigenvalue weighted by atomic mass is 10.2. The molecule has 0 spiro atoms. The van der Waals surface area contributed by atoms with Gasteiger partial charge in [-0.3, -0.25) is 4.79 Å². The van der Waals surface area contributed by atoms with Crippen molar-refractivity contribution in [2.45, 2.75) is 20.1 Å². The van der Waals surface area contributed by atoms with Crippen LogP contribution in [0.25, 0.3) is 0 Å². The Bertz CT molecular complexity index is 1040. The lowest BCUT2D eigenvalue weighted by Gasteiger charge is -2.09. The van der Waals surface area contributed by atoms with Crippen molar-refractivity contribution in [3.8, 4) is 0 Å². The second-order valence-corrected chi connectivity index (χ2v) is 8.56. The fraction of sp³-hybridized carbons (Fsp3) is 0.227. The first kappa shape index (κ1) is 20.8. The first-order chi connectivity index (χ1) is 13.9. The number of benzene rings is 2. The van der Waals surface area contributed by atoms with Crippen molar-refractivity contribution < 1.29 is 17.9 Å². The standard InChI is InChI=1S/C22H24N2O4S/c1-18-21(12-13-24(18)16-19-8-4-2-5-9-19)22(25)23-29(26,27)15-14-28-17-20-10-6-3-7-11-20/h2-13H,14-17H2,1H3,(H,23,25). The molecule has 0 bridgehead atoms. The smallest absolute Gasteiger partial charge is 0.266 e. The second-order valence-electron chi connectivity index (χ2n) is 6.72. The molecule has 1 heterocycles. The van der Waals surface area contributed by atoms with Gasteiger partial charge in [0.15, 0.2) is 0 Å². The molecule has 3 rings (SSSR count). The van der Waals surface area contributed by atoms with Crippen molar-refractivity contribution in [2.75, 3.05) is 12.4 Å². The van der Waals surface area contributed by atoms with Gasteiger partial charge in [0.1, 0.15) is 0 Å². The highest BCUT2D eigenvalue weighted by Gasteiger charge is 2.19. The Morgan fingerprint density at radius 1 is 0.966 bits per heavy atom. The van der Waals surface area contributed by atoms with E-state index in [-0.39, 0.29) is 12.4 Å². The van der Waals surface area contributed by atoms with Crippen LogP contribution in [0.3, 0.4) is 0 Å². The Labute approximate surface area is 171 Å². The van der Waals surface area contributed by atoms with Gasteiger partial charge in [-0.1, -0.05) is 60.7 Å². The van der Waals surface area contributed by atoms with E-state index in [9.17, 15) is 13.2 Å². The number of sulfonamides is 1. The number of nitrogens with one attached hydrogen (secondary N) is 1. The van der Waals surface area contributed by atoms with E-state index in [2.05, 4.69) is 4.72 Å². The summed E-state index contributed by atoms with van der Waals surface area (Å²) < 4.78 is 33.9. The largest absolute Gasteiger partial charge is 0.376 e. The molecule has 1 aromatic heterocycles. The van der Waals surface area contributed by atoms with E-state index in [1.807, 2.05) is 65.2 Å². The Hall–Kier alpha value is -2.90. The van der Waals surface area contributed by atoms with Gasteiger partial charge in [0.05, 0.1) is 24.5 Å². The maximum Gasteiger partial charge on any atom is 0.266 e. The molecule has 2 aromatic carbocycles. The molecule has 7 heteroatoms. The van der Waals surface area contributed by atoms with Crippen LogP contribution in [0.15, 0.2) is 72.9 Å². The fourth-order valence-corrected chi connectivity index (χ4v) is 3.75. The SMILES string of the molecule is Cc1c(C(=O)NS(=O)(=O)CCOCc2ccccc2)ccn1Cc1ccccc1. The van der Waals surface area contributed by atoms with Crippen molar-refractivity contribution in [3.63, 3.8) is 0 Å². The third-order valence-corrected chi connectivity index (χ3v) is 5.74. The summed E-state index contributed by atoms with van der Waals surface area (Å²) >= 11 is 0. The van der Waals surface area contributed by atoms with Gasteiger partial charge >= 0.3 is 0 Å². The van der Waals surface area contributed by atoms with Crippen LogP contribution in [0.1, 0.15) is 27.2 Å². The van der Waals surface area contributed by atoms with Crippen molar-refractivity contribution >= 4 is 15.9 Å². The fourth-order valence-electron chi connectivity index (χ4n) is 2.92. The predicted molar refractivity (Wildman–Crippen MR) is 112 cm³/mol. The van der Waals surface area contributed by atoms with E-state index >= 15 is 0 Å². The lowest BCUT2D eigenvalue weighted by Crippen LogP contribution is -2.34. The van der Waals surface area contributed by atoms with Crippen LogP contribution < -0.4 is 4.72 Å². The van der Waals surface area contributed by atoms with Crippen molar-refractivity contribution in [3.05, 3.63) is 95.3 Å². The van der Waals surface area contributed by atoms with Gasteiger partial charge < -0.3 is 9.30 Å². The lowest BCUT2D eigenvalue weighted by molar-refractivity contribution is 0.0980. The van der Waals surface area contributed by atoms with Gasteiger partial charge in [-0.15, -0.1) is 0 Å². The maximum atomic E-state index is 12.5. The Morgan fingerprint density at radius 3 is 2.24 bits per heavy atom. The summed E-state index contributed by atoms with van der Waals surface area (Å²) in [5.41, 5.74) is 3.11. The summed E-state index contributed by atoms with van der Waals surface area (Å²) in [6, 6.07) is 21.0. The van der Waals surface area contributed by atoms with Crippen LogP contribution in [0.2, 0.25) is 0 Å². The number of rotatable bonds is 9. The summed E-state index contributed by atoms with van der Waals surface area (Å²) in [4.78, 5) is 12.5. The van der Waals surface area contributed by atoms with E-state index in [0.29, 0.717) is 24.4 Å². The highest BCUT2D eigenvalue weighted by molar-refractivity contribution is 7.90. The zero-order valence-corrected chi connectivity index (χ0v) is 17.1. The molecular formula is C22H24N2O4S. The molecule has 0 saturated carbocycles. The number of hydrogen-bond donors (Lipinski definition) is 1. The van der Waals surface area contributed by atoms with Gasteiger partial charge in [-0.25, -0.2) is 13.1 Å². The average molecular weight is 413 g/mol. The molecule has 0 unspecified atom stereocenters. The van der Waals surface area contributed by atoms with Crippen molar-refractivity contribution in [1.29, 1.82) is 0 Å². The number of aromatic nitrogens is 1. The minimum atomic E-state index is -3.78. The summed E-state index contributed by atoms with van der Waals surface area (Å²) in [6.07, 6.45) is 1.78. The normalized spacial score (nSPS) is 11.3. The minimum absolute atomic E-state index is 0.00547. The zero-order valence-electron chi connectivity index (χ0n) is 16.2. The van der Waals surface area contributed by atoms with Crippen LogP contribution in [0.4, 0.5) is 0 Å². The molecule has 0 aliphatic carbocycles. The minimum Gasteiger partial charge on any atom is -0.376 e. The third-order valence-electron chi connectivity index (χ3n) is 4.54. The number of nitrogens with zero attached hydrogens (tertiary/aromatic N) is 1. The Balaban J connectivity index is 1.53. The zero-order chi connectivity index (χ0) is 20.7. The van der Waals surface area contributed by atoms with E-state index in [1.165, 1.54) is 0 Å². The van der Waals surface area contributed by atoms with Gasteiger partial charge in [-0.2, -0.15) is 0 Å². The number of carbonyl (C=O) groups excluding carboxylic acids is 1. The third kappa shape index (κ3) is 6.04. The number of amides is 1. The summed E-state index contributed by atoms with van der Waals surface area (Å²) in [7, 11) is -3.78. The summed E-state index contributed by atoms with van der Waals surface area (Å²) in [6.45, 7) is 2.74. The molecule has 0 fully saturated rings. The molecule has 0 radical (unpaired) electrons. The van der Waals surface area contributed by atoms with Crippen molar-refractivity contribution in [1.82, 2.24) is 9.29 Å². The first-order valence-electron chi connectivity index (χ1n) is 9.31. The number of carbonyl (C=O) groups is 1. The van der Waals surface area contributed by atoms with E-state index in [0.717, 1.165) is 11.1 Å². The average Bonchev–Trinajstić information content (AvgIpc) is 3.07. The molecule has 0 aliphatic heterocycles. The van der Waals surface area contributed by atoms with Gasteiger partial charge in [-0.05, 0) is 24.1 Å². The van der Waals surface area contributed by atoms with Crippen LogP contribution >= 0.6 is 0 Å². The summed E-state index contributed by atoms with van der Waals surface area (Å²) in [5, 5.41) is 0. The van der Waals surface area contributed by atoms with Gasteiger partial charge in [0.25, 0.3) is 5.91 Å². The molecule has 0 atom stereocenters. The van der Waals surface area contributed by atoms with Gasteiger partial charge in [0.2, 0.25) is 10.0 Å². The van der Waals surface area contributed by atoms with Crippen molar-refractivity contribution in [2.24, 2.45) is 0 Å². The highest BCUT2D eigenvalue weighted by Crippen LogP contribution is 2.13. The van der Waals surface area contributed by atoms with E-state index in [1.54, 1.807) is 19.2 Å². The second kappa shape index (κ2) is 9.54. The Morgan fingerprint density at radius 2 is 1.59 bits per heavy atom. The quantitative estimate of drug-likeness (QED) is 0.548. The molecule has 0 aliphatic rings. The van der Waals surface area contributed by atoms with Crippen LogP contribution in [0.5, 0.6) is 0 Å². The first-order valence-corrected chi connectivity index (χ1v) is 11.0. The van der Waals surface area contributed by atoms with E-state index < -0.39 is 15.9 Å². The highest BCUT2D eigenvalue weighted by atomic mass is 32.2. The van der Waals surface area contributed by atoms with Gasteiger partial charge in [0, 0.05) is 18.4 Å².